The Bertz CT molecular complexity index is 613. The highest BCUT2D eigenvalue weighted by Gasteiger charge is 2.21. The number of aliphatic carboxylic acids is 1. The minimum atomic E-state index is -0.887. The van der Waals surface area contributed by atoms with Crippen molar-refractivity contribution in [3.63, 3.8) is 0 Å². The Hall–Kier alpha value is -1.46. The number of nitrogens with two attached hydrogens (primary N) is 1. The number of thiazole rings is 1. The van der Waals surface area contributed by atoms with Gasteiger partial charge in [0.1, 0.15) is 0 Å². The molecule has 3 N–H and O–H groups in total. The zero-order chi connectivity index (χ0) is 14.2. The van der Waals surface area contributed by atoms with E-state index in [-0.39, 0.29) is 12.0 Å². The lowest BCUT2D eigenvalue weighted by molar-refractivity contribution is -0.138. The molecule has 0 radical (unpaired) electrons. The van der Waals surface area contributed by atoms with E-state index in [0.29, 0.717) is 0 Å². The maximum absolute atomic E-state index is 11.1. The van der Waals surface area contributed by atoms with Crippen molar-refractivity contribution in [3.05, 3.63) is 28.8 Å². The second-order valence-electron chi connectivity index (χ2n) is 5.62. The third-order valence-corrected chi connectivity index (χ3v) is 4.43. The fourth-order valence-corrected chi connectivity index (χ4v) is 2.93. The van der Waals surface area contributed by atoms with Gasteiger partial charge in [-0.25, -0.2) is 4.98 Å². The molecule has 0 fully saturated rings. The summed E-state index contributed by atoms with van der Waals surface area (Å²) >= 11 is 1.61. The van der Waals surface area contributed by atoms with Gasteiger partial charge in [0.15, 0.2) is 0 Å². The Morgan fingerprint density at radius 3 is 2.68 bits per heavy atom. The number of carboxylic acids is 1. The Labute approximate surface area is 116 Å². The van der Waals surface area contributed by atoms with E-state index in [1.165, 1.54) is 0 Å². The highest BCUT2D eigenvalue weighted by Crippen LogP contribution is 2.32. The largest absolute Gasteiger partial charge is 0.481 e. The van der Waals surface area contributed by atoms with Gasteiger partial charge >= 0.3 is 5.97 Å². The molecule has 19 heavy (non-hydrogen) atoms. The summed E-state index contributed by atoms with van der Waals surface area (Å²) in [4.78, 5) is 15.7. The fraction of sp³-hybridized carbons (Fsp3) is 0.429. The molecule has 2 aromatic rings. The van der Waals surface area contributed by atoms with Gasteiger partial charge in [-0.3, -0.25) is 4.79 Å². The third-order valence-electron chi connectivity index (χ3n) is 2.99. The van der Waals surface area contributed by atoms with Gasteiger partial charge in [0.05, 0.1) is 21.1 Å². The first-order valence-corrected chi connectivity index (χ1v) is 6.98. The van der Waals surface area contributed by atoms with Crippen molar-refractivity contribution >= 4 is 27.5 Å². The van der Waals surface area contributed by atoms with E-state index in [9.17, 15) is 4.79 Å². The van der Waals surface area contributed by atoms with Gasteiger partial charge in [-0.05, 0) is 17.7 Å². The first kappa shape index (κ1) is 14.0. The maximum Gasteiger partial charge on any atom is 0.312 e. The molecule has 1 aromatic carbocycles. The van der Waals surface area contributed by atoms with Crippen molar-refractivity contribution in [1.29, 1.82) is 0 Å². The number of rotatable bonds is 3. The molecule has 102 valence electrons. The average Bonchev–Trinajstić information content (AvgIpc) is 2.72. The molecule has 0 spiro atoms. The number of carbonyl (C=O) groups is 1. The van der Waals surface area contributed by atoms with Crippen LogP contribution in [0.5, 0.6) is 0 Å². The molecule has 1 heterocycles. The fourth-order valence-electron chi connectivity index (χ4n) is 1.86. The highest BCUT2D eigenvalue weighted by molar-refractivity contribution is 7.18. The number of fused-ring (bicyclic) bond motifs is 1. The molecule has 1 aromatic heterocycles. The van der Waals surface area contributed by atoms with E-state index in [4.69, 9.17) is 10.8 Å². The first-order chi connectivity index (χ1) is 8.82. The summed E-state index contributed by atoms with van der Waals surface area (Å²) in [6.07, 6.45) is 0. The SMILES string of the molecule is CC(C)(C)c1nc2ccc(C(CN)C(=O)O)cc2s1. The predicted molar refractivity (Wildman–Crippen MR) is 77.8 cm³/mol. The Balaban J connectivity index is 2.49. The molecular formula is C14H18N2O2S. The van der Waals surface area contributed by atoms with Crippen LogP contribution in [-0.2, 0) is 10.2 Å². The lowest BCUT2D eigenvalue weighted by Crippen LogP contribution is -2.20. The molecule has 0 aliphatic heterocycles. The summed E-state index contributed by atoms with van der Waals surface area (Å²) < 4.78 is 1.02. The van der Waals surface area contributed by atoms with Crippen LogP contribution >= 0.6 is 11.3 Å². The lowest BCUT2D eigenvalue weighted by atomic mass is 9.98. The minimum absolute atomic E-state index is 0.00389. The van der Waals surface area contributed by atoms with Crippen molar-refractivity contribution in [1.82, 2.24) is 4.98 Å². The molecule has 0 aliphatic rings. The summed E-state index contributed by atoms with van der Waals surface area (Å²) in [5.41, 5.74) is 7.19. The Morgan fingerprint density at radius 1 is 1.47 bits per heavy atom. The van der Waals surface area contributed by atoms with Crippen LogP contribution in [0, 0.1) is 0 Å². The van der Waals surface area contributed by atoms with Crippen LogP contribution in [-0.4, -0.2) is 22.6 Å². The number of carboxylic acid groups (broad SMARTS) is 1. The van der Waals surface area contributed by atoms with Gasteiger partial charge in [0.25, 0.3) is 0 Å². The van der Waals surface area contributed by atoms with Gasteiger partial charge in [-0.15, -0.1) is 11.3 Å². The number of hydrogen-bond donors (Lipinski definition) is 2. The van der Waals surface area contributed by atoms with Crippen LogP contribution in [0.25, 0.3) is 10.2 Å². The van der Waals surface area contributed by atoms with E-state index < -0.39 is 11.9 Å². The van der Waals surface area contributed by atoms with Crippen LogP contribution in [0.4, 0.5) is 0 Å². The zero-order valence-corrected chi connectivity index (χ0v) is 12.1. The van der Waals surface area contributed by atoms with Gasteiger partial charge in [-0.2, -0.15) is 0 Å². The molecule has 1 atom stereocenters. The molecule has 0 amide bonds. The van der Waals surface area contributed by atoms with Crippen LogP contribution < -0.4 is 5.73 Å². The van der Waals surface area contributed by atoms with Crippen molar-refractivity contribution in [2.75, 3.05) is 6.54 Å². The van der Waals surface area contributed by atoms with Crippen LogP contribution in [0.2, 0.25) is 0 Å². The quantitative estimate of drug-likeness (QED) is 0.905. The van der Waals surface area contributed by atoms with Crippen LogP contribution in [0.1, 0.15) is 37.3 Å². The summed E-state index contributed by atoms with van der Waals surface area (Å²) in [6, 6.07) is 5.58. The standard InChI is InChI=1S/C14H18N2O2S/c1-14(2,3)13-16-10-5-4-8(6-11(10)19-13)9(7-15)12(17)18/h4-6,9H,7,15H2,1-3H3,(H,17,18). The molecule has 0 aliphatic carbocycles. The normalized spacial score (nSPS) is 13.7. The number of nitrogens with zero attached hydrogens (tertiary/aromatic N) is 1. The molecule has 0 saturated heterocycles. The summed E-state index contributed by atoms with van der Waals surface area (Å²) in [7, 11) is 0. The molecule has 4 nitrogen and oxygen atoms in total. The van der Waals surface area contributed by atoms with Gasteiger partial charge in [0, 0.05) is 12.0 Å². The van der Waals surface area contributed by atoms with Crippen molar-refractivity contribution < 1.29 is 9.90 Å². The van der Waals surface area contributed by atoms with E-state index in [1.807, 2.05) is 12.1 Å². The van der Waals surface area contributed by atoms with Gasteiger partial charge in [0.2, 0.25) is 0 Å². The number of aromatic nitrogens is 1. The van der Waals surface area contributed by atoms with E-state index >= 15 is 0 Å². The first-order valence-electron chi connectivity index (χ1n) is 6.17. The summed E-state index contributed by atoms with van der Waals surface area (Å²) in [5.74, 6) is -1.54. The molecule has 0 bridgehead atoms. The van der Waals surface area contributed by atoms with Crippen molar-refractivity contribution in [2.24, 2.45) is 5.73 Å². The van der Waals surface area contributed by atoms with E-state index in [0.717, 1.165) is 20.8 Å². The average molecular weight is 278 g/mol. The van der Waals surface area contributed by atoms with Crippen LogP contribution in [0.15, 0.2) is 18.2 Å². The second-order valence-corrected chi connectivity index (χ2v) is 6.65. The monoisotopic (exact) mass is 278 g/mol. The topological polar surface area (TPSA) is 76.2 Å². The Morgan fingerprint density at radius 2 is 2.16 bits per heavy atom. The lowest BCUT2D eigenvalue weighted by Gasteiger charge is -2.13. The van der Waals surface area contributed by atoms with Gasteiger partial charge in [-0.1, -0.05) is 26.8 Å². The third kappa shape index (κ3) is 2.77. The Kier molecular flexibility index (Phi) is 3.60. The predicted octanol–water partition coefficient (Wildman–Crippen LogP) is 2.72. The van der Waals surface area contributed by atoms with Gasteiger partial charge < -0.3 is 10.8 Å². The molecule has 1 unspecified atom stereocenters. The van der Waals surface area contributed by atoms with E-state index in [1.54, 1.807) is 17.4 Å². The number of hydrogen-bond acceptors (Lipinski definition) is 4. The zero-order valence-electron chi connectivity index (χ0n) is 11.3. The minimum Gasteiger partial charge on any atom is -0.481 e. The number of benzene rings is 1. The molecule has 2 rings (SSSR count). The highest BCUT2D eigenvalue weighted by atomic mass is 32.1. The van der Waals surface area contributed by atoms with Crippen LogP contribution in [0.3, 0.4) is 0 Å². The molecule has 0 saturated carbocycles. The van der Waals surface area contributed by atoms with Crippen molar-refractivity contribution in [3.8, 4) is 0 Å². The molecule has 5 heteroatoms. The van der Waals surface area contributed by atoms with Crippen molar-refractivity contribution in [2.45, 2.75) is 32.1 Å². The maximum atomic E-state index is 11.1. The summed E-state index contributed by atoms with van der Waals surface area (Å²) in [5, 5.41) is 10.2. The smallest absolute Gasteiger partial charge is 0.312 e. The molecular weight excluding hydrogens is 260 g/mol. The van der Waals surface area contributed by atoms with E-state index in [2.05, 4.69) is 25.8 Å². The summed E-state index contributed by atoms with van der Waals surface area (Å²) in [6.45, 7) is 6.45. The second kappa shape index (κ2) is 4.90.